The van der Waals surface area contributed by atoms with Crippen molar-refractivity contribution >= 4 is 5.91 Å². The summed E-state index contributed by atoms with van der Waals surface area (Å²) in [6.45, 7) is 11.9. The van der Waals surface area contributed by atoms with Crippen LogP contribution in [-0.4, -0.2) is 34.0 Å². The minimum atomic E-state index is -0.244. The molecule has 0 aromatic carbocycles. The summed E-state index contributed by atoms with van der Waals surface area (Å²) in [4.78, 5) is 15.2. The van der Waals surface area contributed by atoms with E-state index in [4.69, 9.17) is 0 Å². The number of carbonyl (C=O) groups is 1. The molecule has 1 N–H and O–H groups in total. The van der Waals surface area contributed by atoms with Gasteiger partial charge in [-0.05, 0) is 47.5 Å². The summed E-state index contributed by atoms with van der Waals surface area (Å²) < 4.78 is 0. The van der Waals surface area contributed by atoms with Crippen LogP contribution in [0.25, 0.3) is 0 Å². The van der Waals surface area contributed by atoms with Crippen LogP contribution in [-0.2, 0) is 4.79 Å². The van der Waals surface area contributed by atoms with E-state index < -0.39 is 0 Å². The van der Waals surface area contributed by atoms with Crippen LogP contribution in [0.15, 0.2) is 0 Å². The first-order valence-electron chi connectivity index (χ1n) is 7.28. The number of amides is 1. The number of hydrogen-bond acceptors (Lipinski definition) is 2. The molecule has 104 valence electrons. The number of carbonyl (C=O) groups excluding carboxylic acids is 1. The third kappa shape index (κ3) is 2.29. The van der Waals surface area contributed by atoms with E-state index in [9.17, 15) is 4.79 Å². The van der Waals surface area contributed by atoms with Gasteiger partial charge in [0.1, 0.15) is 5.54 Å². The Balaban J connectivity index is 2.37. The first-order chi connectivity index (χ1) is 8.17. The summed E-state index contributed by atoms with van der Waals surface area (Å²) in [5, 5.41) is 3.24. The summed E-state index contributed by atoms with van der Waals surface area (Å²) in [7, 11) is 0. The third-order valence-electron chi connectivity index (χ3n) is 4.44. The maximum atomic E-state index is 12.7. The second-order valence-electron chi connectivity index (χ2n) is 7.69. The van der Waals surface area contributed by atoms with Crippen LogP contribution in [0.1, 0.15) is 66.7 Å². The lowest BCUT2D eigenvalue weighted by atomic mass is 9.74. The standard InChI is InChI=1S/C15H28N2O/c1-13(2,3)17-11-14(4,5)16-12(18)15(17)9-7-6-8-10-15/h6-11H2,1-5H3,(H,16,18). The number of nitrogens with zero attached hydrogens (tertiary/aromatic N) is 1. The fourth-order valence-corrected chi connectivity index (χ4v) is 3.65. The lowest BCUT2D eigenvalue weighted by Crippen LogP contribution is -2.75. The average molecular weight is 252 g/mol. The molecule has 1 saturated carbocycles. The molecule has 1 heterocycles. The molecule has 1 amide bonds. The highest BCUT2D eigenvalue weighted by Crippen LogP contribution is 2.41. The van der Waals surface area contributed by atoms with E-state index in [0.29, 0.717) is 0 Å². The summed E-state index contributed by atoms with van der Waals surface area (Å²) >= 11 is 0. The zero-order chi connectivity index (χ0) is 13.6. The predicted molar refractivity (Wildman–Crippen MR) is 74.5 cm³/mol. The van der Waals surface area contributed by atoms with Crippen molar-refractivity contribution in [3.05, 3.63) is 0 Å². The molecule has 0 bridgehead atoms. The lowest BCUT2D eigenvalue weighted by molar-refractivity contribution is -0.153. The van der Waals surface area contributed by atoms with Crippen molar-refractivity contribution in [2.75, 3.05) is 6.54 Å². The van der Waals surface area contributed by atoms with Crippen LogP contribution in [0.4, 0.5) is 0 Å². The Morgan fingerprint density at radius 1 is 1.11 bits per heavy atom. The molecule has 0 aromatic rings. The van der Waals surface area contributed by atoms with E-state index in [0.717, 1.165) is 19.4 Å². The fraction of sp³-hybridized carbons (Fsp3) is 0.933. The Morgan fingerprint density at radius 3 is 2.17 bits per heavy atom. The van der Waals surface area contributed by atoms with Crippen molar-refractivity contribution in [2.24, 2.45) is 0 Å². The molecule has 1 aliphatic heterocycles. The minimum absolute atomic E-state index is 0.0480. The molecule has 2 aliphatic rings. The van der Waals surface area contributed by atoms with Gasteiger partial charge in [0.25, 0.3) is 0 Å². The molecule has 0 atom stereocenters. The van der Waals surface area contributed by atoms with Crippen molar-refractivity contribution < 1.29 is 4.79 Å². The second kappa shape index (κ2) is 4.22. The Kier molecular flexibility index (Phi) is 3.25. The summed E-state index contributed by atoms with van der Waals surface area (Å²) in [5.41, 5.74) is -0.314. The number of rotatable bonds is 0. The maximum absolute atomic E-state index is 12.7. The summed E-state index contributed by atoms with van der Waals surface area (Å²) in [5.74, 6) is 0.258. The van der Waals surface area contributed by atoms with Gasteiger partial charge < -0.3 is 5.32 Å². The Hall–Kier alpha value is -0.570. The van der Waals surface area contributed by atoms with E-state index in [1.165, 1.54) is 19.3 Å². The molecule has 0 radical (unpaired) electrons. The highest BCUT2D eigenvalue weighted by molar-refractivity contribution is 5.88. The molecule has 3 heteroatoms. The molecular formula is C15H28N2O. The van der Waals surface area contributed by atoms with E-state index >= 15 is 0 Å². The second-order valence-corrected chi connectivity index (χ2v) is 7.69. The van der Waals surface area contributed by atoms with Gasteiger partial charge in [0.15, 0.2) is 0 Å². The van der Waals surface area contributed by atoms with Crippen molar-refractivity contribution in [1.29, 1.82) is 0 Å². The Labute approximate surface area is 111 Å². The normalized spacial score (nSPS) is 28.2. The molecule has 18 heavy (non-hydrogen) atoms. The smallest absolute Gasteiger partial charge is 0.241 e. The van der Waals surface area contributed by atoms with Crippen LogP contribution in [0.2, 0.25) is 0 Å². The maximum Gasteiger partial charge on any atom is 0.241 e. The predicted octanol–water partition coefficient (Wildman–Crippen LogP) is 2.70. The molecule has 0 aromatic heterocycles. The highest BCUT2D eigenvalue weighted by atomic mass is 16.2. The van der Waals surface area contributed by atoms with Crippen molar-refractivity contribution in [3.8, 4) is 0 Å². The van der Waals surface area contributed by atoms with Gasteiger partial charge in [-0.2, -0.15) is 0 Å². The van der Waals surface area contributed by atoms with Gasteiger partial charge in [0, 0.05) is 17.6 Å². The van der Waals surface area contributed by atoms with E-state index in [1.807, 2.05) is 0 Å². The summed E-state index contributed by atoms with van der Waals surface area (Å²) in [6, 6.07) is 0. The molecule has 1 saturated heterocycles. The molecule has 0 unspecified atom stereocenters. The van der Waals surface area contributed by atoms with Gasteiger partial charge in [-0.3, -0.25) is 9.69 Å². The summed E-state index contributed by atoms with van der Waals surface area (Å²) in [6.07, 6.45) is 5.68. The monoisotopic (exact) mass is 252 g/mol. The number of hydrogen-bond donors (Lipinski definition) is 1. The van der Waals surface area contributed by atoms with Gasteiger partial charge in [-0.15, -0.1) is 0 Å². The number of piperazine rings is 1. The fourth-order valence-electron chi connectivity index (χ4n) is 3.65. The molecule has 1 spiro atoms. The van der Waals surface area contributed by atoms with Crippen LogP contribution in [0.5, 0.6) is 0 Å². The van der Waals surface area contributed by atoms with Crippen LogP contribution < -0.4 is 5.32 Å². The zero-order valence-electron chi connectivity index (χ0n) is 12.6. The zero-order valence-corrected chi connectivity index (χ0v) is 12.6. The molecule has 1 aliphatic carbocycles. The molecule has 2 rings (SSSR count). The third-order valence-corrected chi connectivity index (χ3v) is 4.44. The van der Waals surface area contributed by atoms with Gasteiger partial charge in [0.2, 0.25) is 5.91 Å². The van der Waals surface area contributed by atoms with Crippen LogP contribution in [0.3, 0.4) is 0 Å². The first kappa shape index (κ1) is 13.9. The Bertz CT molecular complexity index is 335. The van der Waals surface area contributed by atoms with Gasteiger partial charge in [0.05, 0.1) is 0 Å². The van der Waals surface area contributed by atoms with E-state index in [-0.39, 0.29) is 22.5 Å². The van der Waals surface area contributed by atoms with Crippen LogP contribution in [0, 0.1) is 0 Å². The minimum Gasteiger partial charge on any atom is -0.348 e. The van der Waals surface area contributed by atoms with Gasteiger partial charge in [-0.1, -0.05) is 19.3 Å². The lowest BCUT2D eigenvalue weighted by Gasteiger charge is -2.57. The van der Waals surface area contributed by atoms with E-state index in [2.05, 4.69) is 44.8 Å². The SMILES string of the molecule is CC1(C)CN(C(C)(C)C)C2(CCCCC2)C(=O)N1. The quantitative estimate of drug-likeness (QED) is 0.719. The number of nitrogens with one attached hydrogen (secondary N) is 1. The average Bonchev–Trinajstić information content (AvgIpc) is 2.23. The Morgan fingerprint density at radius 2 is 1.67 bits per heavy atom. The molecule has 2 fully saturated rings. The largest absolute Gasteiger partial charge is 0.348 e. The highest BCUT2D eigenvalue weighted by Gasteiger charge is 2.53. The van der Waals surface area contributed by atoms with Gasteiger partial charge >= 0.3 is 0 Å². The molecular weight excluding hydrogens is 224 g/mol. The van der Waals surface area contributed by atoms with Crippen molar-refractivity contribution in [3.63, 3.8) is 0 Å². The topological polar surface area (TPSA) is 32.3 Å². The van der Waals surface area contributed by atoms with E-state index in [1.54, 1.807) is 0 Å². The first-order valence-corrected chi connectivity index (χ1v) is 7.28. The van der Waals surface area contributed by atoms with Crippen molar-refractivity contribution in [2.45, 2.75) is 83.3 Å². The van der Waals surface area contributed by atoms with Gasteiger partial charge in [-0.25, -0.2) is 0 Å². The molecule has 3 nitrogen and oxygen atoms in total. The van der Waals surface area contributed by atoms with Crippen LogP contribution >= 0.6 is 0 Å². The van der Waals surface area contributed by atoms with Crippen molar-refractivity contribution in [1.82, 2.24) is 10.2 Å².